The average Bonchev–Trinajstić information content (AvgIpc) is 2.82. The van der Waals surface area contributed by atoms with Gasteiger partial charge in [0.15, 0.2) is 0 Å². The van der Waals surface area contributed by atoms with Crippen LogP contribution in [0.2, 0.25) is 5.02 Å². The van der Waals surface area contributed by atoms with Gasteiger partial charge < -0.3 is 25.4 Å². The van der Waals surface area contributed by atoms with Crippen molar-refractivity contribution < 1.29 is 24.2 Å². The Labute approximate surface area is 239 Å². The van der Waals surface area contributed by atoms with Crippen molar-refractivity contribution in [2.75, 3.05) is 17.3 Å². The number of para-hydroxylation sites is 2. The molecule has 0 bridgehead atoms. The molecule has 3 N–H and O–H groups in total. The molecule has 212 valence electrons. The van der Waals surface area contributed by atoms with Crippen LogP contribution in [0.4, 0.5) is 10.5 Å². The number of alkyl carbamates (subject to hydrolysis) is 1. The van der Waals surface area contributed by atoms with Crippen molar-refractivity contribution >= 4 is 47.0 Å². The third-order valence-electron chi connectivity index (χ3n) is 6.55. The van der Waals surface area contributed by atoms with E-state index < -0.39 is 35.6 Å². The molecule has 2 aromatic carbocycles. The van der Waals surface area contributed by atoms with E-state index in [9.17, 15) is 19.5 Å². The summed E-state index contributed by atoms with van der Waals surface area (Å²) in [7, 11) is 0. The molecule has 0 aromatic heterocycles. The molecule has 1 saturated carbocycles. The molecule has 2 unspecified atom stereocenters. The number of rotatable bonds is 10. The van der Waals surface area contributed by atoms with Crippen LogP contribution in [0.25, 0.3) is 0 Å². The molecular weight excluding hydrogens is 538 g/mol. The Morgan fingerprint density at radius 1 is 1.15 bits per heavy atom. The van der Waals surface area contributed by atoms with Crippen LogP contribution in [0.3, 0.4) is 0 Å². The monoisotopic (exact) mass is 575 g/mol. The summed E-state index contributed by atoms with van der Waals surface area (Å²) in [5.41, 5.74) is 0.755. The molecule has 1 aliphatic carbocycles. The lowest BCUT2D eigenvalue weighted by Crippen LogP contribution is -2.57. The van der Waals surface area contributed by atoms with Crippen molar-refractivity contribution in [2.45, 2.75) is 77.1 Å². The third kappa shape index (κ3) is 8.05. The second kappa shape index (κ2) is 13.4. The highest BCUT2D eigenvalue weighted by molar-refractivity contribution is 7.98. The van der Waals surface area contributed by atoms with Crippen molar-refractivity contribution in [1.29, 1.82) is 0 Å². The topological polar surface area (TPSA) is 108 Å². The SMILES string of the molecule is CSCCC(NC(=O)OC(C)(C)C)C(=O)N(C1CCC1)C(C(=O)Nc1c(C)cccc1Cl)c1ccccc1O. The zero-order valence-corrected chi connectivity index (χ0v) is 24.7. The van der Waals surface area contributed by atoms with E-state index in [1.54, 1.807) is 62.9 Å². The molecule has 10 heteroatoms. The Kier molecular flexibility index (Phi) is 10.6. The van der Waals surface area contributed by atoms with Crippen LogP contribution in [0.5, 0.6) is 5.75 Å². The number of ether oxygens (including phenoxy) is 1. The lowest BCUT2D eigenvalue weighted by molar-refractivity contribution is -0.145. The van der Waals surface area contributed by atoms with Gasteiger partial charge in [-0.2, -0.15) is 11.8 Å². The maximum absolute atomic E-state index is 14.3. The fourth-order valence-corrected chi connectivity index (χ4v) is 5.16. The highest BCUT2D eigenvalue weighted by Gasteiger charge is 2.43. The van der Waals surface area contributed by atoms with E-state index in [0.717, 1.165) is 12.0 Å². The van der Waals surface area contributed by atoms with Gasteiger partial charge in [0.05, 0.1) is 10.7 Å². The largest absolute Gasteiger partial charge is 0.508 e. The number of halogens is 1. The van der Waals surface area contributed by atoms with Crippen molar-refractivity contribution in [3.63, 3.8) is 0 Å². The van der Waals surface area contributed by atoms with Gasteiger partial charge in [0.25, 0.3) is 5.91 Å². The summed E-state index contributed by atoms with van der Waals surface area (Å²) in [6, 6.07) is 9.48. The highest BCUT2D eigenvalue weighted by atomic mass is 35.5. The summed E-state index contributed by atoms with van der Waals surface area (Å²) in [6.45, 7) is 7.08. The molecule has 0 radical (unpaired) electrons. The number of anilines is 1. The van der Waals surface area contributed by atoms with Gasteiger partial charge in [-0.05, 0) is 83.1 Å². The molecule has 2 atom stereocenters. The maximum atomic E-state index is 14.3. The predicted molar refractivity (Wildman–Crippen MR) is 156 cm³/mol. The first-order valence-corrected chi connectivity index (χ1v) is 14.8. The first kappa shape index (κ1) is 30.6. The molecule has 3 rings (SSSR count). The standard InChI is InChI=1S/C29H38ClN3O5S/c1-18-10-8-14-21(30)24(18)32-26(35)25(20-13-6-7-15-23(20)34)33(19-11-9-12-19)27(36)22(16-17-39-5)31-28(37)38-29(2,3)4/h6-8,10,13-15,19,22,25,34H,9,11-12,16-17H2,1-5H3,(H,31,37)(H,32,35). The fourth-order valence-electron chi connectivity index (χ4n) is 4.42. The van der Waals surface area contributed by atoms with Gasteiger partial charge in [-0.1, -0.05) is 41.9 Å². The molecule has 0 heterocycles. The summed E-state index contributed by atoms with van der Waals surface area (Å²) in [5, 5.41) is 16.8. The second-order valence-corrected chi connectivity index (χ2v) is 12.1. The zero-order chi connectivity index (χ0) is 28.7. The van der Waals surface area contributed by atoms with Crippen LogP contribution in [-0.4, -0.2) is 57.6 Å². The number of benzene rings is 2. The molecule has 3 amide bonds. The van der Waals surface area contributed by atoms with Gasteiger partial charge in [-0.15, -0.1) is 0 Å². The first-order chi connectivity index (χ1) is 18.4. The van der Waals surface area contributed by atoms with Crippen LogP contribution in [0.1, 0.15) is 63.6 Å². The summed E-state index contributed by atoms with van der Waals surface area (Å²) in [6.07, 6.45) is 3.88. The lowest BCUT2D eigenvalue weighted by atomic mass is 9.87. The number of aryl methyl sites for hydroxylation is 1. The average molecular weight is 576 g/mol. The van der Waals surface area contributed by atoms with Crippen LogP contribution >= 0.6 is 23.4 Å². The number of phenols is 1. The van der Waals surface area contributed by atoms with Crippen LogP contribution < -0.4 is 10.6 Å². The number of aromatic hydroxyl groups is 1. The number of nitrogens with one attached hydrogen (secondary N) is 2. The molecule has 0 aliphatic heterocycles. The molecule has 1 fully saturated rings. The predicted octanol–water partition coefficient (Wildman–Crippen LogP) is 6.06. The minimum Gasteiger partial charge on any atom is -0.508 e. The van der Waals surface area contributed by atoms with E-state index in [4.69, 9.17) is 16.3 Å². The number of hydrogen-bond donors (Lipinski definition) is 3. The molecule has 0 spiro atoms. The van der Waals surface area contributed by atoms with E-state index in [-0.39, 0.29) is 11.8 Å². The van der Waals surface area contributed by atoms with Crippen LogP contribution in [0.15, 0.2) is 42.5 Å². The van der Waals surface area contributed by atoms with Gasteiger partial charge in [-0.25, -0.2) is 4.79 Å². The number of thioether (sulfide) groups is 1. The zero-order valence-electron chi connectivity index (χ0n) is 23.1. The Morgan fingerprint density at radius 3 is 2.41 bits per heavy atom. The van der Waals surface area contributed by atoms with Gasteiger partial charge in [0.1, 0.15) is 23.4 Å². The first-order valence-electron chi connectivity index (χ1n) is 13.1. The third-order valence-corrected chi connectivity index (χ3v) is 7.51. The number of carbonyl (C=O) groups excluding carboxylic acids is 3. The summed E-state index contributed by atoms with van der Waals surface area (Å²) in [5.74, 6) is -0.407. The maximum Gasteiger partial charge on any atom is 0.408 e. The summed E-state index contributed by atoms with van der Waals surface area (Å²) >= 11 is 7.96. The van der Waals surface area contributed by atoms with E-state index in [2.05, 4.69) is 10.6 Å². The van der Waals surface area contributed by atoms with Gasteiger partial charge in [0.2, 0.25) is 5.91 Å². The minimum atomic E-state index is -1.16. The second-order valence-electron chi connectivity index (χ2n) is 10.7. The molecular formula is C29H38ClN3O5S. The lowest BCUT2D eigenvalue weighted by Gasteiger charge is -2.43. The molecule has 1 aliphatic rings. The number of nitrogens with zero attached hydrogens (tertiary/aromatic N) is 1. The molecule has 8 nitrogen and oxygen atoms in total. The minimum absolute atomic E-state index is 0.105. The van der Waals surface area contributed by atoms with Crippen LogP contribution in [0, 0.1) is 6.92 Å². The van der Waals surface area contributed by atoms with E-state index in [1.807, 2.05) is 19.2 Å². The number of hydrogen-bond acceptors (Lipinski definition) is 6. The van der Waals surface area contributed by atoms with Gasteiger partial charge in [0, 0.05) is 11.6 Å². The smallest absolute Gasteiger partial charge is 0.408 e. The van der Waals surface area contributed by atoms with E-state index in [0.29, 0.717) is 41.3 Å². The fraction of sp³-hybridized carbons (Fsp3) is 0.483. The van der Waals surface area contributed by atoms with Crippen molar-refractivity contribution in [3.8, 4) is 5.75 Å². The Morgan fingerprint density at radius 2 is 1.85 bits per heavy atom. The molecule has 0 saturated heterocycles. The summed E-state index contributed by atoms with van der Waals surface area (Å²) in [4.78, 5) is 42.5. The summed E-state index contributed by atoms with van der Waals surface area (Å²) < 4.78 is 5.43. The van der Waals surface area contributed by atoms with Crippen LogP contribution in [-0.2, 0) is 14.3 Å². The Bertz CT molecular complexity index is 1160. The number of amides is 3. The van der Waals surface area contributed by atoms with Crippen molar-refractivity contribution in [3.05, 3.63) is 58.6 Å². The molecule has 2 aromatic rings. The number of carbonyl (C=O) groups is 3. The molecule has 39 heavy (non-hydrogen) atoms. The Balaban J connectivity index is 2.05. The normalized spacial score (nSPS) is 15.0. The van der Waals surface area contributed by atoms with E-state index >= 15 is 0 Å². The number of phenolic OH excluding ortho intramolecular Hbond substituents is 1. The van der Waals surface area contributed by atoms with Gasteiger partial charge in [-0.3, -0.25) is 9.59 Å². The van der Waals surface area contributed by atoms with E-state index in [1.165, 1.54) is 11.0 Å². The van der Waals surface area contributed by atoms with Gasteiger partial charge >= 0.3 is 6.09 Å². The Hall–Kier alpha value is -2.91. The highest BCUT2D eigenvalue weighted by Crippen LogP contribution is 2.38. The van der Waals surface area contributed by atoms with Crippen molar-refractivity contribution in [1.82, 2.24) is 10.2 Å². The van der Waals surface area contributed by atoms with Crippen molar-refractivity contribution in [2.24, 2.45) is 0 Å². The quantitative estimate of drug-likeness (QED) is 0.318.